The molecule has 4 aromatic carbocycles. The summed E-state index contributed by atoms with van der Waals surface area (Å²) in [6, 6.07) is 47.6. The minimum Gasteiger partial charge on any atom is -0.0675 e. The number of allylic oxidation sites excluding steroid dienone is 2. The highest BCUT2D eigenvalue weighted by Crippen LogP contribution is 2.46. The van der Waals surface area contributed by atoms with Crippen LogP contribution < -0.4 is 0 Å². The Morgan fingerprint density at radius 2 is 0.914 bits per heavy atom. The molecule has 0 bridgehead atoms. The Morgan fingerprint density at radius 1 is 0.514 bits per heavy atom. The highest BCUT2D eigenvalue weighted by molar-refractivity contribution is 6.98. The fourth-order valence-electron chi connectivity index (χ4n) is 5.27. The van der Waals surface area contributed by atoms with Gasteiger partial charge >= 0.3 is 0 Å². The fraction of sp³-hybridized carbons (Fsp3) is 0.176. The SMILES string of the molecule is CC[Si](CC)(CC)C(=C(C(=Cc1ccccc1)c1ccccc1)c1ccccc1)c1ccccc1. The van der Waals surface area contributed by atoms with Gasteiger partial charge in [0.15, 0.2) is 0 Å². The van der Waals surface area contributed by atoms with Gasteiger partial charge in [-0.25, -0.2) is 0 Å². The molecule has 0 heterocycles. The Kier molecular flexibility index (Phi) is 8.34. The maximum atomic E-state index is 2.41. The maximum absolute atomic E-state index is 2.41. The molecule has 4 rings (SSSR count). The number of benzene rings is 4. The van der Waals surface area contributed by atoms with Crippen molar-refractivity contribution in [2.45, 2.75) is 38.9 Å². The van der Waals surface area contributed by atoms with E-state index in [0.29, 0.717) is 0 Å². The fourth-order valence-corrected chi connectivity index (χ4v) is 9.42. The van der Waals surface area contributed by atoms with Gasteiger partial charge in [-0.1, -0.05) is 160 Å². The van der Waals surface area contributed by atoms with Crippen LogP contribution in [0, 0.1) is 0 Å². The molecule has 176 valence electrons. The van der Waals surface area contributed by atoms with Crippen LogP contribution in [-0.2, 0) is 0 Å². The van der Waals surface area contributed by atoms with Crippen LogP contribution in [0.2, 0.25) is 18.1 Å². The van der Waals surface area contributed by atoms with Gasteiger partial charge in [-0.15, -0.1) is 0 Å². The summed E-state index contributed by atoms with van der Waals surface area (Å²) in [7, 11) is -1.81. The third kappa shape index (κ3) is 5.47. The van der Waals surface area contributed by atoms with Crippen molar-refractivity contribution in [1.82, 2.24) is 0 Å². The van der Waals surface area contributed by atoms with Crippen LogP contribution in [0.25, 0.3) is 22.4 Å². The molecular weight excluding hydrogens is 436 g/mol. The zero-order valence-corrected chi connectivity index (χ0v) is 22.2. The first-order valence-electron chi connectivity index (χ1n) is 12.9. The monoisotopic (exact) mass is 472 g/mol. The summed E-state index contributed by atoms with van der Waals surface area (Å²) in [4.78, 5) is 0. The Balaban J connectivity index is 2.18. The van der Waals surface area contributed by atoms with Crippen molar-refractivity contribution < 1.29 is 0 Å². The van der Waals surface area contributed by atoms with Gasteiger partial charge < -0.3 is 0 Å². The average Bonchev–Trinajstić information content (AvgIpc) is 2.95. The molecule has 0 saturated heterocycles. The highest BCUT2D eigenvalue weighted by atomic mass is 28.3. The molecule has 0 nitrogen and oxygen atoms in total. The van der Waals surface area contributed by atoms with Crippen LogP contribution in [0.4, 0.5) is 0 Å². The molecule has 0 unspecified atom stereocenters. The van der Waals surface area contributed by atoms with E-state index < -0.39 is 8.07 Å². The average molecular weight is 473 g/mol. The van der Waals surface area contributed by atoms with Crippen molar-refractivity contribution in [2.24, 2.45) is 0 Å². The van der Waals surface area contributed by atoms with Gasteiger partial charge in [-0.05, 0) is 44.7 Å². The van der Waals surface area contributed by atoms with Crippen molar-refractivity contribution >= 4 is 30.5 Å². The zero-order chi connectivity index (χ0) is 24.5. The van der Waals surface area contributed by atoms with Crippen LogP contribution in [0.15, 0.2) is 121 Å². The predicted molar refractivity (Wildman–Crippen MR) is 158 cm³/mol. The summed E-state index contributed by atoms with van der Waals surface area (Å²) in [5.74, 6) is 0. The lowest BCUT2D eigenvalue weighted by Gasteiger charge is -2.35. The van der Waals surface area contributed by atoms with Crippen molar-refractivity contribution in [3.8, 4) is 0 Å². The summed E-state index contributed by atoms with van der Waals surface area (Å²) in [6.07, 6.45) is 2.39. The molecule has 0 saturated carbocycles. The first-order valence-corrected chi connectivity index (χ1v) is 15.5. The molecule has 0 amide bonds. The standard InChI is InChI=1S/C34H36Si/c1-4-35(5-2,6-3)34(31-25-17-10-18-26-31)33(30-23-15-9-16-24-30)32(29-21-13-8-14-22-29)27-28-19-11-7-12-20-28/h7-27H,4-6H2,1-3H3. The third-order valence-corrected chi connectivity index (χ3v) is 13.1. The summed E-state index contributed by atoms with van der Waals surface area (Å²) in [5, 5.41) is 1.59. The van der Waals surface area contributed by atoms with Gasteiger partial charge in [0.05, 0.1) is 8.07 Å². The van der Waals surface area contributed by atoms with Gasteiger partial charge in [0.1, 0.15) is 0 Å². The molecule has 0 aliphatic carbocycles. The van der Waals surface area contributed by atoms with Crippen molar-refractivity contribution in [2.75, 3.05) is 0 Å². The molecule has 0 spiro atoms. The van der Waals surface area contributed by atoms with E-state index in [9.17, 15) is 0 Å². The summed E-state index contributed by atoms with van der Waals surface area (Å²) < 4.78 is 0. The van der Waals surface area contributed by atoms with Crippen LogP contribution >= 0.6 is 0 Å². The molecule has 0 aromatic heterocycles. The normalized spacial score (nSPS) is 12.8. The summed E-state index contributed by atoms with van der Waals surface area (Å²) in [6.45, 7) is 7.23. The number of hydrogen-bond acceptors (Lipinski definition) is 0. The lowest BCUT2D eigenvalue weighted by atomic mass is 9.89. The number of rotatable bonds is 9. The summed E-state index contributed by atoms with van der Waals surface area (Å²) in [5.41, 5.74) is 7.85. The third-order valence-electron chi connectivity index (χ3n) is 7.40. The van der Waals surface area contributed by atoms with Crippen molar-refractivity contribution in [3.05, 3.63) is 144 Å². The van der Waals surface area contributed by atoms with E-state index in [4.69, 9.17) is 0 Å². The van der Waals surface area contributed by atoms with Crippen molar-refractivity contribution in [3.63, 3.8) is 0 Å². The summed E-state index contributed by atoms with van der Waals surface area (Å²) >= 11 is 0. The van der Waals surface area contributed by atoms with E-state index in [1.54, 1.807) is 5.20 Å². The molecule has 0 N–H and O–H groups in total. The van der Waals surface area contributed by atoms with Gasteiger partial charge in [0.25, 0.3) is 0 Å². The second kappa shape index (κ2) is 11.8. The lowest BCUT2D eigenvalue weighted by molar-refractivity contribution is 1.20. The second-order valence-corrected chi connectivity index (χ2v) is 14.3. The smallest absolute Gasteiger partial charge is 0.0675 e. The van der Waals surface area contributed by atoms with Crippen LogP contribution in [0.3, 0.4) is 0 Å². The molecule has 4 aromatic rings. The molecule has 0 radical (unpaired) electrons. The number of hydrogen-bond donors (Lipinski definition) is 0. The quantitative estimate of drug-likeness (QED) is 0.129. The van der Waals surface area contributed by atoms with Gasteiger partial charge in [-0.3, -0.25) is 0 Å². The van der Waals surface area contributed by atoms with E-state index >= 15 is 0 Å². The molecule has 35 heavy (non-hydrogen) atoms. The van der Waals surface area contributed by atoms with Gasteiger partial charge in [0, 0.05) is 0 Å². The minimum absolute atomic E-state index is 1.23. The predicted octanol–water partition coefficient (Wildman–Crippen LogP) is 9.89. The van der Waals surface area contributed by atoms with Gasteiger partial charge in [-0.2, -0.15) is 0 Å². The Labute approximate surface area is 212 Å². The Hall–Kier alpha value is -3.42. The molecule has 1 heteroatoms. The highest BCUT2D eigenvalue weighted by Gasteiger charge is 2.35. The molecular formula is C34H36Si. The van der Waals surface area contributed by atoms with Crippen molar-refractivity contribution in [1.29, 1.82) is 0 Å². The molecule has 0 atom stereocenters. The van der Waals surface area contributed by atoms with E-state index in [-0.39, 0.29) is 0 Å². The van der Waals surface area contributed by atoms with E-state index in [2.05, 4.69) is 148 Å². The van der Waals surface area contributed by atoms with E-state index in [1.807, 2.05) is 0 Å². The largest absolute Gasteiger partial charge is 0.0875 e. The lowest BCUT2D eigenvalue weighted by Crippen LogP contribution is -2.34. The first kappa shape index (κ1) is 24.7. The molecule has 0 aliphatic rings. The van der Waals surface area contributed by atoms with E-state index in [0.717, 1.165) is 0 Å². The van der Waals surface area contributed by atoms with Crippen LogP contribution in [-0.4, -0.2) is 8.07 Å². The maximum Gasteiger partial charge on any atom is 0.0875 e. The van der Waals surface area contributed by atoms with Gasteiger partial charge in [0.2, 0.25) is 0 Å². The first-order chi connectivity index (χ1) is 17.2. The Bertz CT molecular complexity index is 1240. The zero-order valence-electron chi connectivity index (χ0n) is 21.2. The Morgan fingerprint density at radius 3 is 1.37 bits per heavy atom. The van der Waals surface area contributed by atoms with Crippen LogP contribution in [0.1, 0.15) is 43.0 Å². The molecule has 0 aliphatic heterocycles. The second-order valence-electron chi connectivity index (χ2n) is 9.16. The minimum atomic E-state index is -1.81. The molecule has 0 fully saturated rings. The van der Waals surface area contributed by atoms with Crippen LogP contribution in [0.5, 0.6) is 0 Å². The van der Waals surface area contributed by atoms with E-state index in [1.165, 1.54) is 51.5 Å². The topological polar surface area (TPSA) is 0 Å².